The Morgan fingerprint density at radius 3 is 2.48 bits per heavy atom. The van der Waals surface area contributed by atoms with Gasteiger partial charge < -0.3 is 19.7 Å². The molecule has 1 fully saturated rings. The van der Waals surface area contributed by atoms with Crippen molar-refractivity contribution < 1.29 is 24.1 Å². The Balaban J connectivity index is 1.08. The number of ketones is 2. The lowest BCUT2D eigenvalue weighted by Crippen LogP contribution is -2.72. The van der Waals surface area contributed by atoms with Crippen molar-refractivity contribution in [1.82, 2.24) is 4.90 Å². The molecule has 3 aromatic carbocycles. The fraction of sp³-hybridized carbons (Fsp3) is 0.265. The zero-order valence-corrected chi connectivity index (χ0v) is 23.6. The molecule has 0 amide bonds. The van der Waals surface area contributed by atoms with E-state index in [9.17, 15) is 9.59 Å². The number of fused-ring (bicyclic) bond motifs is 5. The first-order valence-corrected chi connectivity index (χ1v) is 14.5. The highest BCUT2D eigenvalue weighted by atomic mass is 16.5. The van der Waals surface area contributed by atoms with Crippen molar-refractivity contribution in [2.45, 2.75) is 12.5 Å². The van der Waals surface area contributed by atoms with Gasteiger partial charge in [0.05, 0.1) is 24.0 Å². The van der Waals surface area contributed by atoms with Gasteiger partial charge in [0, 0.05) is 56.0 Å². The standard InChI is InChI=1S/C34H32N4O4/c1-41-28-14-7-5-12-26(28)38-19-17-37(18-20-38)16-8-15-35-25-21-29-32(36-24-11-4-6-13-27(24)42-29)31-30(25)33(39)22-9-2-3-10-23(22)34(31)40/h2-7,9-14,21,27,35H,8,15-20H2,1H3/p+1. The van der Waals surface area contributed by atoms with Crippen molar-refractivity contribution >= 4 is 34.3 Å². The van der Waals surface area contributed by atoms with Crippen LogP contribution in [0.15, 0.2) is 78.9 Å². The molecule has 0 aromatic heterocycles. The predicted octanol–water partition coefficient (Wildman–Crippen LogP) is 3.13. The second kappa shape index (κ2) is 10.9. The van der Waals surface area contributed by atoms with Crippen LogP contribution in [0.25, 0.3) is 0 Å². The predicted molar refractivity (Wildman–Crippen MR) is 163 cm³/mol. The fourth-order valence-corrected chi connectivity index (χ4v) is 6.27. The van der Waals surface area contributed by atoms with Crippen molar-refractivity contribution in [3.05, 3.63) is 101 Å². The van der Waals surface area contributed by atoms with Gasteiger partial charge in [-0.2, -0.15) is 0 Å². The molecule has 7 rings (SSSR count). The topological polar surface area (TPSA) is 85.1 Å². The number of allylic oxidation sites excluding steroid dienone is 2. The number of methoxy groups -OCH3 is 1. The number of benzene rings is 3. The maximum atomic E-state index is 13.8. The molecule has 42 heavy (non-hydrogen) atoms. The van der Waals surface area contributed by atoms with Crippen LogP contribution in [0.1, 0.15) is 38.3 Å². The van der Waals surface area contributed by atoms with Gasteiger partial charge >= 0.3 is 0 Å². The number of nitrogens with zero attached hydrogens (tertiary/aromatic N) is 2. The summed E-state index contributed by atoms with van der Waals surface area (Å²) in [7, 11) is 1.71. The quantitative estimate of drug-likeness (QED) is 0.336. The number of ether oxygens (including phenoxy) is 2. The summed E-state index contributed by atoms with van der Waals surface area (Å²) in [5.41, 5.74) is 4.83. The third-order valence-corrected chi connectivity index (χ3v) is 8.43. The normalized spacial score (nSPS) is 18.8. The molecule has 4 aliphatic rings. The van der Waals surface area contributed by atoms with Crippen LogP contribution >= 0.6 is 0 Å². The van der Waals surface area contributed by atoms with Crippen molar-refractivity contribution in [2.75, 3.05) is 56.6 Å². The molecule has 8 heteroatoms. The van der Waals surface area contributed by atoms with Gasteiger partial charge in [-0.25, -0.2) is 4.99 Å². The Morgan fingerprint density at radius 2 is 1.69 bits per heavy atom. The Morgan fingerprint density at radius 1 is 0.952 bits per heavy atom. The number of rotatable bonds is 7. The first-order valence-electron chi connectivity index (χ1n) is 14.5. The molecule has 3 aromatic rings. The molecule has 2 aliphatic heterocycles. The van der Waals surface area contributed by atoms with Crippen LogP contribution in [0, 0.1) is 0 Å². The summed E-state index contributed by atoms with van der Waals surface area (Å²) >= 11 is 0. The molecular weight excluding hydrogens is 528 g/mol. The van der Waals surface area contributed by atoms with E-state index in [-0.39, 0.29) is 17.7 Å². The maximum Gasteiger partial charge on any atom is 0.258 e. The number of nitrogens with one attached hydrogen (secondary N) is 2. The van der Waals surface area contributed by atoms with Crippen molar-refractivity contribution in [3.63, 3.8) is 0 Å². The Bertz CT molecular complexity index is 1670. The molecule has 8 nitrogen and oxygen atoms in total. The number of anilines is 2. The van der Waals surface area contributed by atoms with E-state index in [1.54, 1.807) is 31.4 Å². The molecule has 1 saturated heterocycles. The Labute approximate surface area is 244 Å². The van der Waals surface area contributed by atoms with Crippen LogP contribution in [0.3, 0.4) is 0 Å². The van der Waals surface area contributed by atoms with Crippen LogP contribution in [0.5, 0.6) is 11.5 Å². The minimum atomic E-state index is -0.260. The average Bonchev–Trinajstić information content (AvgIpc) is 3.04. The lowest BCUT2D eigenvalue weighted by atomic mass is 9.81. The molecule has 2 N–H and O–H groups in total. The number of para-hydroxylation sites is 2. The Kier molecular flexibility index (Phi) is 6.83. The van der Waals surface area contributed by atoms with E-state index in [1.165, 1.54) is 0 Å². The van der Waals surface area contributed by atoms with Crippen LogP contribution in [0.4, 0.5) is 17.1 Å². The van der Waals surface area contributed by atoms with E-state index < -0.39 is 0 Å². The van der Waals surface area contributed by atoms with Crippen LogP contribution < -0.4 is 24.7 Å². The summed E-state index contributed by atoms with van der Waals surface area (Å²) in [6.07, 6.45) is 8.41. The second-order valence-electron chi connectivity index (χ2n) is 10.9. The number of carbonyl (C=O) groups excluding carboxylic acids is 2. The largest absolute Gasteiger partial charge is 0.495 e. The molecule has 0 saturated carbocycles. The first kappa shape index (κ1) is 26.2. The number of piperazine rings is 1. The third kappa shape index (κ3) is 4.58. The maximum absolute atomic E-state index is 13.8. The SMILES string of the molecule is COc1ccccc1N1CCN(CCCNc2cc3c(c4c2C(=O)c2ccccc2C4=O)[NH+]=C2C=CC=CC2O3)CC1. The van der Waals surface area contributed by atoms with Gasteiger partial charge in [-0.3, -0.25) is 14.5 Å². The first-order chi connectivity index (χ1) is 20.6. The van der Waals surface area contributed by atoms with Gasteiger partial charge in [-0.1, -0.05) is 48.6 Å². The number of carbonyl (C=O) groups is 2. The van der Waals surface area contributed by atoms with Crippen LogP contribution in [0.2, 0.25) is 0 Å². The monoisotopic (exact) mass is 561 g/mol. The minimum absolute atomic E-state index is 0.147. The third-order valence-electron chi connectivity index (χ3n) is 8.43. The van der Waals surface area contributed by atoms with Crippen molar-refractivity contribution in [3.8, 4) is 11.5 Å². The highest BCUT2D eigenvalue weighted by Gasteiger charge is 2.41. The zero-order chi connectivity index (χ0) is 28.6. The summed E-state index contributed by atoms with van der Waals surface area (Å²) in [6.45, 7) is 5.42. The minimum Gasteiger partial charge on any atom is -0.495 e. The van der Waals surface area contributed by atoms with E-state index in [2.05, 4.69) is 26.2 Å². The van der Waals surface area contributed by atoms with Crippen molar-refractivity contribution in [1.29, 1.82) is 0 Å². The average molecular weight is 562 g/mol. The molecule has 212 valence electrons. The van der Waals surface area contributed by atoms with E-state index >= 15 is 0 Å². The Hall–Kier alpha value is -4.69. The molecule has 0 radical (unpaired) electrons. The van der Waals surface area contributed by atoms with Gasteiger partial charge in [0.2, 0.25) is 17.6 Å². The molecule has 1 unspecified atom stereocenters. The summed E-state index contributed by atoms with van der Waals surface area (Å²) in [5.74, 6) is 1.16. The summed E-state index contributed by atoms with van der Waals surface area (Å²) in [4.78, 5) is 35.9. The van der Waals surface area contributed by atoms with Gasteiger partial charge in [-0.15, -0.1) is 0 Å². The van der Waals surface area contributed by atoms with Gasteiger partial charge in [0.25, 0.3) is 5.69 Å². The molecule has 2 aliphatic carbocycles. The molecule has 2 heterocycles. The molecule has 1 atom stereocenters. The molecular formula is C34H33N4O4+. The summed E-state index contributed by atoms with van der Waals surface area (Å²) < 4.78 is 11.9. The summed E-state index contributed by atoms with van der Waals surface area (Å²) in [5, 5.41) is 3.49. The fourth-order valence-electron chi connectivity index (χ4n) is 6.27. The van der Waals surface area contributed by atoms with E-state index in [4.69, 9.17) is 9.47 Å². The number of hydrogen-bond donors (Lipinski definition) is 2. The second-order valence-corrected chi connectivity index (χ2v) is 10.9. The van der Waals surface area contributed by atoms with Gasteiger partial charge in [0.1, 0.15) is 11.3 Å². The van der Waals surface area contributed by atoms with Crippen LogP contribution in [-0.4, -0.2) is 74.7 Å². The highest BCUT2D eigenvalue weighted by Crippen LogP contribution is 2.41. The zero-order valence-electron chi connectivity index (χ0n) is 23.6. The molecule has 0 bridgehead atoms. The lowest BCUT2D eigenvalue weighted by molar-refractivity contribution is -0.362. The van der Waals surface area contributed by atoms with E-state index in [1.807, 2.05) is 48.6 Å². The smallest absolute Gasteiger partial charge is 0.258 e. The lowest BCUT2D eigenvalue weighted by Gasteiger charge is -2.36. The number of hydrogen-bond acceptors (Lipinski definition) is 7. The van der Waals surface area contributed by atoms with E-state index in [0.717, 1.165) is 56.3 Å². The highest BCUT2D eigenvalue weighted by molar-refractivity contribution is 6.32. The van der Waals surface area contributed by atoms with Crippen molar-refractivity contribution in [2.24, 2.45) is 0 Å². The van der Waals surface area contributed by atoms with Crippen LogP contribution in [-0.2, 0) is 0 Å². The molecule has 0 spiro atoms. The van der Waals surface area contributed by atoms with Gasteiger partial charge in [0.15, 0.2) is 11.5 Å². The van der Waals surface area contributed by atoms with Gasteiger partial charge in [-0.05, 0) is 31.2 Å². The summed E-state index contributed by atoms with van der Waals surface area (Å²) in [6, 6.07) is 17.1. The van der Waals surface area contributed by atoms with E-state index in [0.29, 0.717) is 45.9 Å².